The largest absolute Gasteiger partial charge is 0.459 e. The maximum atomic E-state index is 12.0. The zero-order valence-electron chi connectivity index (χ0n) is 16.4. The van der Waals surface area contributed by atoms with Crippen molar-refractivity contribution in [2.75, 3.05) is 26.7 Å². The van der Waals surface area contributed by atoms with Crippen LogP contribution in [-0.4, -0.2) is 48.0 Å². The third-order valence-electron chi connectivity index (χ3n) is 4.12. The molecular weight excluding hydrogens is 366 g/mol. The molecule has 0 radical (unpaired) electrons. The molecule has 0 unspecified atom stereocenters. The smallest absolute Gasteiger partial charge is 0.287 e. The number of hydrogen-bond acceptors (Lipinski definition) is 3. The Morgan fingerprint density at radius 3 is 2.78 bits per heavy atom. The second kappa shape index (κ2) is 10.1. The second-order valence-corrected chi connectivity index (χ2v) is 6.83. The van der Waals surface area contributed by atoms with E-state index in [1.54, 1.807) is 6.07 Å². The molecule has 0 atom stereocenters. The van der Waals surface area contributed by atoms with Gasteiger partial charge in [-0.05, 0) is 32.4 Å². The van der Waals surface area contributed by atoms with Crippen LogP contribution in [0.5, 0.6) is 0 Å². The lowest BCUT2D eigenvalue weighted by molar-refractivity contribution is 0.0925. The van der Waals surface area contributed by atoms with Gasteiger partial charge in [-0.15, -0.1) is 0 Å². The van der Waals surface area contributed by atoms with Gasteiger partial charge < -0.3 is 24.5 Å². The number of carbonyl (C=O) groups excluding carboxylic acids is 1. The molecule has 0 aliphatic carbocycles. The summed E-state index contributed by atoms with van der Waals surface area (Å²) >= 11 is 6.05. The molecule has 0 saturated heterocycles. The zero-order valence-corrected chi connectivity index (χ0v) is 17.1. The van der Waals surface area contributed by atoms with Gasteiger partial charge in [0, 0.05) is 51.2 Å². The monoisotopic (exact) mass is 393 g/mol. The van der Waals surface area contributed by atoms with Crippen LogP contribution in [0.15, 0.2) is 34.0 Å². The minimum Gasteiger partial charge on any atom is -0.459 e. The lowest BCUT2D eigenvalue weighted by Gasteiger charge is -2.22. The van der Waals surface area contributed by atoms with Crippen molar-refractivity contribution in [2.45, 2.75) is 26.8 Å². The molecule has 8 heteroatoms. The number of nitrogens with zero attached hydrogens (tertiary/aromatic N) is 3. The fourth-order valence-electron chi connectivity index (χ4n) is 2.66. The van der Waals surface area contributed by atoms with Gasteiger partial charge in [-0.3, -0.25) is 9.79 Å². The molecule has 148 valence electrons. The summed E-state index contributed by atoms with van der Waals surface area (Å²) in [6.45, 7) is 6.52. The van der Waals surface area contributed by atoms with E-state index in [9.17, 15) is 4.79 Å². The Balaban J connectivity index is 1.83. The Kier molecular flexibility index (Phi) is 7.79. The first-order valence-electron chi connectivity index (χ1n) is 9.04. The average molecular weight is 394 g/mol. The van der Waals surface area contributed by atoms with Crippen LogP contribution >= 0.6 is 11.6 Å². The highest BCUT2D eigenvalue weighted by atomic mass is 35.5. The van der Waals surface area contributed by atoms with Crippen LogP contribution in [-0.2, 0) is 13.6 Å². The molecule has 1 amide bonds. The quantitative estimate of drug-likeness (QED) is 0.411. The third kappa shape index (κ3) is 6.06. The summed E-state index contributed by atoms with van der Waals surface area (Å²) in [6.07, 6.45) is 4.15. The Morgan fingerprint density at radius 1 is 1.41 bits per heavy atom. The molecule has 0 saturated carbocycles. The Bertz CT molecular complexity index is 781. The molecule has 7 nitrogen and oxygen atoms in total. The van der Waals surface area contributed by atoms with Gasteiger partial charge in [0.15, 0.2) is 11.7 Å². The molecule has 0 fully saturated rings. The van der Waals surface area contributed by atoms with Crippen LogP contribution in [0.4, 0.5) is 0 Å². The zero-order chi connectivity index (χ0) is 19.8. The highest BCUT2D eigenvalue weighted by Crippen LogP contribution is 2.14. The standard InChI is InChI=1S/C19H28ClN5O2/c1-5-21-19(25(4)13-16-11-15(20)12-24(16)3)23-9-6-8-22-18(26)17-14(2)7-10-27-17/h7,10-12H,5-6,8-9,13H2,1-4H3,(H,21,23)(H,22,26). The number of rotatable bonds is 8. The first-order chi connectivity index (χ1) is 12.9. The maximum absolute atomic E-state index is 12.0. The first kappa shape index (κ1) is 20.9. The van der Waals surface area contributed by atoms with E-state index >= 15 is 0 Å². The van der Waals surface area contributed by atoms with Crippen molar-refractivity contribution in [3.05, 3.63) is 46.6 Å². The summed E-state index contributed by atoms with van der Waals surface area (Å²) in [5.74, 6) is 1.00. The van der Waals surface area contributed by atoms with Gasteiger partial charge in [0.1, 0.15) is 0 Å². The summed E-state index contributed by atoms with van der Waals surface area (Å²) in [6, 6.07) is 3.73. The molecule has 0 spiro atoms. The van der Waals surface area contributed by atoms with Gasteiger partial charge in [-0.25, -0.2) is 0 Å². The highest BCUT2D eigenvalue weighted by molar-refractivity contribution is 6.30. The Morgan fingerprint density at radius 2 is 2.19 bits per heavy atom. The van der Waals surface area contributed by atoms with Crippen molar-refractivity contribution in [3.63, 3.8) is 0 Å². The van der Waals surface area contributed by atoms with Gasteiger partial charge in [0.25, 0.3) is 5.91 Å². The molecule has 0 aliphatic heterocycles. The Hall–Kier alpha value is -2.41. The predicted molar refractivity (Wildman–Crippen MR) is 108 cm³/mol. The molecule has 2 rings (SSSR count). The molecule has 2 N–H and O–H groups in total. The number of guanidine groups is 1. The number of aryl methyl sites for hydroxylation is 2. The van der Waals surface area contributed by atoms with E-state index in [1.807, 2.05) is 44.8 Å². The summed E-state index contributed by atoms with van der Waals surface area (Å²) in [4.78, 5) is 18.7. The number of halogens is 1. The molecule has 2 heterocycles. The first-order valence-corrected chi connectivity index (χ1v) is 9.42. The van der Waals surface area contributed by atoms with Gasteiger partial charge in [0.05, 0.1) is 17.8 Å². The van der Waals surface area contributed by atoms with Crippen molar-refractivity contribution in [1.29, 1.82) is 0 Å². The van der Waals surface area contributed by atoms with Gasteiger partial charge in [-0.2, -0.15) is 0 Å². The van der Waals surface area contributed by atoms with Gasteiger partial charge in [0.2, 0.25) is 0 Å². The van der Waals surface area contributed by atoms with Crippen molar-refractivity contribution < 1.29 is 9.21 Å². The van der Waals surface area contributed by atoms with Crippen molar-refractivity contribution >= 4 is 23.5 Å². The lowest BCUT2D eigenvalue weighted by Crippen LogP contribution is -2.39. The summed E-state index contributed by atoms with van der Waals surface area (Å²) in [5, 5.41) is 6.87. The van der Waals surface area contributed by atoms with E-state index < -0.39 is 0 Å². The summed E-state index contributed by atoms with van der Waals surface area (Å²) in [7, 11) is 3.96. The van der Waals surface area contributed by atoms with E-state index in [0.29, 0.717) is 25.4 Å². The minimum atomic E-state index is -0.189. The predicted octanol–water partition coefficient (Wildman–Crippen LogP) is 2.80. The second-order valence-electron chi connectivity index (χ2n) is 6.39. The third-order valence-corrected chi connectivity index (χ3v) is 4.33. The summed E-state index contributed by atoms with van der Waals surface area (Å²) in [5.41, 5.74) is 1.94. The highest BCUT2D eigenvalue weighted by Gasteiger charge is 2.12. The van der Waals surface area contributed by atoms with Crippen LogP contribution in [0.3, 0.4) is 0 Å². The molecule has 0 aliphatic rings. The number of aliphatic imine (C=N–C) groups is 1. The average Bonchev–Trinajstić information content (AvgIpc) is 3.18. The maximum Gasteiger partial charge on any atom is 0.287 e. The van der Waals surface area contributed by atoms with Crippen LogP contribution in [0.25, 0.3) is 0 Å². The number of aromatic nitrogens is 1. The fourth-order valence-corrected chi connectivity index (χ4v) is 2.93. The SMILES string of the molecule is CCNC(=NCCCNC(=O)c1occc1C)N(C)Cc1cc(Cl)cn1C. The molecule has 2 aromatic heterocycles. The molecule has 0 bridgehead atoms. The van der Waals surface area contributed by atoms with E-state index in [1.165, 1.54) is 6.26 Å². The molecular formula is C19H28ClN5O2. The van der Waals surface area contributed by atoms with Crippen LogP contribution in [0.2, 0.25) is 5.02 Å². The lowest BCUT2D eigenvalue weighted by atomic mass is 10.2. The number of furan rings is 1. The van der Waals surface area contributed by atoms with Gasteiger partial charge >= 0.3 is 0 Å². The van der Waals surface area contributed by atoms with Crippen molar-refractivity contribution in [3.8, 4) is 0 Å². The number of carbonyl (C=O) groups is 1. The van der Waals surface area contributed by atoms with E-state index in [-0.39, 0.29) is 5.91 Å². The fraction of sp³-hybridized carbons (Fsp3) is 0.474. The van der Waals surface area contributed by atoms with E-state index in [2.05, 4.69) is 20.5 Å². The van der Waals surface area contributed by atoms with Crippen molar-refractivity contribution in [2.24, 2.45) is 12.0 Å². The van der Waals surface area contributed by atoms with Crippen molar-refractivity contribution in [1.82, 2.24) is 20.1 Å². The summed E-state index contributed by atoms with van der Waals surface area (Å²) < 4.78 is 7.19. The molecule has 2 aromatic rings. The van der Waals surface area contributed by atoms with Crippen LogP contribution in [0, 0.1) is 6.92 Å². The topological polar surface area (TPSA) is 74.8 Å². The van der Waals surface area contributed by atoms with Crippen LogP contribution in [0.1, 0.15) is 35.2 Å². The normalized spacial score (nSPS) is 11.5. The van der Waals surface area contributed by atoms with E-state index in [0.717, 1.165) is 35.2 Å². The minimum absolute atomic E-state index is 0.189. The molecule has 0 aromatic carbocycles. The molecule has 27 heavy (non-hydrogen) atoms. The Labute approximate surface area is 165 Å². The van der Waals surface area contributed by atoms with E-state index in [4.69, 9.17) is 16.0 Å². The number of hydrogen-bond donors (Lipinski definition) is 2. The number of nitrogens with one attached hydrogen (secondary N) is 2. The van der Waals surface area contributed by atoms with Gasteiger partial charge in [-0.1, -0.05) is 11.6 Å². The van der Waals surface area contributed by atoms with Crippen LogP contribution < -0.4 is 10.6 Å². The number of amides is 1.